The molecule has 0 saturated carbocycles. The Kier molecular flexibility index (Phi) is 8.95. The molecule has 2 aromatic carbocycles. The van der Waals surface area contributed by atoms with E-state index in [2.05, 4.69) is 10.3 Å². The molecule has 0 spiro atoms. The van der Waals surface area contributed by atoms with Gasteiger partial charge in [0, 0.05) is 44.7 Å². The largest absolute Gasteiger partial charge is 0.477 e. The monoisotopic (exact) mass is 638 g/mol. The van der Waals surface area contributed by atoms with E-state index in [-0.39, 0.29) is 54.6 Å². The summed E-state index contributed by atoms with van der Waals surface area (Å²) < 4.78 is 101. The van der Waals surface area contributed by atoms with Crippen molar-refractivity contribution in [1.82, 2.24) is 15.2 Å². The minimum atomic E-state index is -5.04. The summed E-state index contributed by atoms with van der Waals surface area (Å²) in [5.41, 5.74) is -2.59. The van der Waals surface area contributed by atoms with Gasteiger partial charge in [-0.1, -0.05) is 12.1 Å². The zero-order valence-corrected chi connectivity index (χ0v) is 24.1. The number of rotatable bonds is 5. The summed E-state index contributed by atoms with van der Waals surface area (Å²) in [6.45, 7) is 2.01. The van der Waals surface area contributed by atoms with Crippen molar-refractivity contribution in [1.29, 1.82) is 0 Å². The van der Waals surface area contributed by atoms with Crippen molar-refractivity contribution in [2.75, 3.05) is 31.1 Å². The second kappa shape index (κ2) is 12.6. The van der Waals surface area contributed by atoms with Crippen molar-refractivity contribution in [2.45, 2.75) is 51.1 Å². The number of aromatic nitrogens is 1. The van der Waals surface area contributed by atoms with Crippen LogP contribution in [0.3, 0.4) is 0 Å². The molecule has 2 aliphatic rings. The second-order valence-corrected chi connectivity index (χ2v) is 11.0. The number of piperidine rings is 1. The number of halogens is 7. The number of carbonyl (C=O) groups is 2. The van der Waals surface area contributed by atoms with Crippen LogP contribution in [-0.2, 0) is 23.7 Å². The Morgan fingerprint density at radius 3 is 2.16 bits per heavy atom. The molecule has 2 amide bonds. The van der Waals surface area contributed by atoms with Crippen LogP contribution >= 0.6 is 0 Å². The van der Waals surface area contributed by atoms with E-state index in [0.717, 1.165) is 0 Å². The summed E-state index contributed by atoms with van der Waals surface area (Å²) in [7, 11) is 0. The first-order valence-corrected chi connectivity index (χ1v) is 14.2. The highest BCUT2D eigenvalue weighted by Gasteiger charge is 2.38. The molecule has 0 radical (unpaired) electrons. The average molecular weight is 639 g/mol. The maximum atomic E-state index is 14.1. The number of hydrogen-bond donors (Lipinski definition) is 1. The van der Waals surface area contributed by atoms with Gasteiger partial charge in [0.25, 0.3) is 5.91 Å². The quantitative estimate of drug-likeness (QED) is 0.325. The van der Waals surface area contributed by atoms with Crippen molar-refractivity contribution >= 4 is 17.6 Å². The van der Waals surface area contributed by atoms with E-state index in [9.17, 15) is 40.3 Å². The Balaban J connectivity index is 1.54. The topological polar surface area (TPSA) is 74.8 Å². The van der Waals surface area contributed by atoms with E-state index in [0.29, 0.717) is 55.0 Å². The smallest absolute Gasteiger partial charge is 0.416 e. The Morgan fingerprint density at radius 2 is 1.58 bits per heavy atom. The number of nitrogens with zero attached hydrogens (tertiary/aromatic N) is 3. The predicted molar refractivity (Wildman–Crippen MR) is 150 cm³/mol. The van der Waals surface area contributed by atoms with Gasteiger partial charge in [-0.25, -0.2) is 4.39 Å². The van der Waals surface area contributed by atoms with Crippen LogP contribution in [0, 0.1) is 5.82 Å². The van der Waals surface area contributed by atoms with Crippen LogP contribution < -0.4 is 15.0 Å². The van der Waals surface area contributed by atoms with Gasteiger partial charge >= 0.3 is 12.4 Å². The van der Waals surface area contributed by atoms with Gasteiger partial charge in [0.2, 0.25) is 11.8 Å². The molecular formula is C31H29F7N4O3. The van der Waals surface area contributed by atoms with E-state index in [1.54, 1.807) is 6.07 Å². The third-order valence-electron chi connectivity index (χ3n) is 7.69. The van der Waals surface area contributed by atoms with Crippen molar-refractivity contribution < 1.29 is 45.1 Å². The van der Waals surface area contributed by atoms with Gasteiger partial charge in [-0.2, -0.15) is 31.3 Å². The number of benzene rings is 2. The zero-order chi connectivity index (χ0) is 32.5. The number of nitrogens with one attached hydrogen (secondary N) is 1. The third kappa shape index (κ3) is 7.48. The van der Waals surface area contributed by atoms with Crippen LogP contribution in [0.25, 0.3) is 11.1 Å². The zero-order valence-electron chi connectivity index (χ0n) is 24.1. The van der Waals surface area contributed by atoms with Gasteiger partial charge in [0.15, 0.2) is 0 Å². The molecule has 2 aliphatic heterocycles. The lowest BCUT2D eigenvalue weighted by Crippen LogP contribution is -2.44. The summed E-state index contributed by atoms with van der Waals surface area (Å²) in [6.07, 6.45) is -8.58. The molecule has 1 N–H and O–H groups in total. The summed E-state index contributed by atoms with van der Waals surface area (Å²) in [4.78, 5) is 33.3. The van der Waals surface area contributed by atoms with E-state index in [4.69, 9.17) is 4.74 Å². The van der Waals surface area contributed by atoms with Crippen molar-refractivity contribution in [3.8, 4) is 17.0 Å². The lowest BCUT2D eigenvalue weighted by molar-refractivity contribution is -0.143. The summed E-state index contributed by atoms with van der Waals surface area (Å²) in [5, 5.41) is 2.89. The van der Waals surface area contributed by atoms with Crippen molar-refractivity contribution in [3.63, 3.8) is 0 Å². The van der Waals surface area contributed by atoms with Crippen molar-refractivity contribution in [3.05, 3.63) is 76.6 Å². The highest BCUT2D eigenvalue weighted by atomic mass is 19.4. The Labute approximate surface area is 254 Å². The first-order valence-electron chi connectivity index (χ1n) is 14.2. The van der Waals surface area contributed by atoms with Gasteiger partial charge in [-0.15, -0.1) is 0 Å². The fourth-order valence-electron chi connectivity index (χ4n) is 5.55. The SMILES string of the molecule is CC(=O)NC1CCN(c2cc(-c3ccc(F)cc3)c3c(n2)OCCCN(Cc2cc(C(F)(F)F)cc(C(F)(F)F)c2)C3=O)CC1. The molecule has 3 aromatic rings. The van der Waals surface area contributed by atoms with Crippen LogP contribution in [0.15, 0.2) is 48.5 Å². The van der Waals surface area contributed by atoms with E-state index >= 15 is 0 Å². The lowest BCUT2D eigenvalue weighted by atomic mass is 9.98. The molecule has 240 valence electrons. The highest BCUT2D eigenvalue weighted by molar-refractivity contribution is 6.03. The third-order valence-corrected chi connectivity index (χ3v) is 7.69. The first-order chi connectivity index (χ1) is 21.2. The maximum Gasteiger partial charge on any atom is 0.416 e. The van der Waals surface area contributed by atoms with Gasteiger partial charge in [-0.3, -0.25) is 9.59 Å². The van der Waals surface area contributed by atoms with Gasteiger partial charge in [-0.05, 0) is 66.8 Å². The Hall–Kier alpha value is -4.36. The molecule has 0 atom stereocenters. The minimum absolute atomic E-state index is 0.0141. The fraction of sp³-hybridized carbons (Fsp3) is 0.387. The molecule has 1 aromatic heterocycles. The number of hydrogen-bond acceptors (Lipinski definition) is 5. The molecule has 14 heteroatoms. The van der Waals surface area contributed by atoms with E-state index < -0.39 is 41.7 Å². The number of alkyl halides is 6. The van der Waals surface area contributed by atoms with Gasteiger partial charge < -0.3 is 19.9 Å². The highest BCUT2D eigenvalue weighted by Crippen LogP contribution is 2.39. The summed E-state index contributed by atoms with van der Waals surface area (Å²) in [5.74, 6) is -0.960. The normalized spacial score (nSPS) is 16.5. The fourth-order valence-corrected chi connectivity index (χ4v) is 5.55. The van der Waals surface area contributed by atoms with Gasteiger partial charge in [0.1, 0.15) is 17.2 Å². The first kappa shape index (κ1) is 32.0. The maximum absolute atomic E-state index is 14.1. The Bertz CT molecular complexity index is 1530. The number of pyridine rings is 1. The van der Waals surface area contributed by atoms with E-state index in [1.165, 1.54) is 36.1 Å². The van der Waals surface area contributed by atoms with Gasteiger partial charge in [0.05, 0.1) is 17.7 Å². The number of carbonyl (C=O) groups excluding carboxylic acids is 2. The number of ether oxygens (including phenoxy) is 1. The molecule has 1 saturated heterocycles. The van der Waals surface area contributed by atoms with Crippen LogP contribution in [0.1, 0.15) is 53.2 Å². The number of amides is 2. The molecular weight excluding hydrogens is 609 g/mol. The standard InChI is InChI=1S/C31H29F7N4O3/c1-18(43)39-24-7-10-41(11-8-24)26-16-25(20-3-5-23(32)6-4-20)27-28(40-26)45-12-2-9-42(29(27)44)17-19-13-21(30(33,34)35)15-22(14-19)31(36,37)38/h3-6,13-16,24H,2,7-12,17H2,1H3,(H,39,43). The molecule has 45 heavy (non-hydrogen) atoms. The van der Waals surface area contributed by atoms with Crippen LogP contribution in [0.4, 0.5) is 36.6 Å². The van der Waals surface area contributed by atoms with Crippen LogP contribution in [-0.4, -0.2) is 54.0 Å². The lowest BCUT2D eigenvalue weighted by Gasteiger charge is -2.34. The van der Waals surface area contributed by atoms with Crippen LogP contribution in [0.5, 0.6) is 5.88 Å². The number of fused-ring (bicyclic) bond motifs is 1. The molecule has 5 rings (SSSR count). The minimum Gasteiger partial charge on any atom is -0.477 e. The molecule has 1 fully saturated rings. The van der Waals surface area contributed by atoms with E-state index in [1.807, 2.05) is 4.90 Å². The molecule has 3 heterocycles. The number of anilines is 1. The molecule has 7 nitrogen and oxygen atoms in total. The predicted octanol–water partition coefficient (Wildman–Crippen LogP) is 6.46. The molecule has 0 aliphatic carbocycles. The van der Waals surface area contributed by atoms with Crippen molar-refractivity contribution in [2.24, 2.45) is 0 Å². The Morgan fingerprint density at radius 1 is 0.956 bits per heavy atom. The second-order valence-electron chi connectivity index (χ2n) is 11.0. The van der Waals surface area contributed by atoms with Crippen LogP contribution in [0.2, 0.25) is 0 Å². The molecule has 0 unspecified atom stereocenters. The molecule has 0 bridgehead atoms. The average Bonchev–Trinajstić information content (AvgIpc) is 2.96. The summed E-state index contributed by atoms with van der Waals surface area (Å²) in [6, 6.07) is 8.18. The summed E-state index contributed by atoms with van der Waals surface area (Å²) >= 11 is 0.